The van der Waals surface area contributed by atoms with Gasteiger partial charge >= 0.3 is 0 Å². The van der Waals surface area contributed by atoms with Gasteiger partial charge in [-0.2, -0.15) is 0 Å². The molecule has 0 saturated carbocycles. The van der Waals surface area contributed by atoms with Crippen molar-refractivity contribution >= 4 is 17.5 Å². The van der Waals surface area contributed by atoms with Crippen molar-refractivity contribution in [3.63, 3.8) is 0 Å². The average Bonchev–Trinajstić information content (AvgIpc) is 2.58. The van der Waals surface area contributed by atoms with E-state index in [1.807, 2.05) is 30.3 Å². The minimum atomic E-state index is -0.571. The Balaban J connectivity index is 2.13. The van der Waals surface area contributed by atoms with Crippen molar-refractivity contribution in [1.82, 2.24) is 5.32 Å². The molecule has 2 rings (SSSR count). The number of carbonyl (C=O) groups is 2. The molecule has 0 radical (unpaired) electrons. The van der Waals surface area contributed by atoms with Crippen LogP contribution in [-0.4, -0.2) is 25.4 Å². The number of likely N-dealkylation sites (N-methyl/N-ethyl adjacent to an activating group) is 1. The summed E-state index contributed by atoms with van der Waals surface area (Å²) in [5.74, 6) is -0.805. The van der Waals surface area contributed by atoms with E-state index >= 15 is 0 Å². The van der Waals surface area contributed by atoms with Crippen molar-refractivity contribution in [3.8, 4) is 0 Å². The second-order valence-corrected chi connectivity index (χ2v) is 5.00. The smallest absolute Gasteiger partial charge is 0.287 e. The van der Waals surface area contributed by atoms with Crippen LogP contribution in [0.1, 0.15) is 11.6 Å². The number of quaternary nitrogens is 1. The number of nitrogens with one attached hydrogen (secondary N) is 2. The standard InChI is InChI=1S/C17H18FN3O2/c1-19-15(22)11-20-16(12-5-3-2-4-6-12)17(23)21-14-9-7-13(18)8-10-14/h2-10,16,20H,11H2,1H3,(H,19,22)(H,21,23)/p+1/t16-/m0/s1. The van der Waals surface area contributed by atoms with E-state index in [1.165, 1.54) is 24.3 Å². The first-order valence-electron chi connectivity index (χ1n) is 7.25. The molecule has 23 heavy (non-hydrogen) atoms. The number of benzene rings is 2. The maximum atomic E-state index is 12.9. The molecule has 2 aromatic carbocycles. The Hall–Kier alpha value is -2.73. The Labute approximate surface area is 133 Å². The van der Waals surface area contributed by atoms with Crippen molar-refractivity contribution in [1.29, 1.82) is 0 Å². The first kappa shape index (κ1) is 16.6. The lowest BCUT2D eigenvalue weighted by Crippen LogP contribution is -2.89. The van der Waals surface area contributed by atoms with Crippen LogP contribution in [0.15, 0.2) is 54.6 Å². The van der Waals surface area contributed by atoms with Gasteiger partial charge in [0.05, 0.1) is 0 Å². The molecule has 2 aromatic rings. The maximum absolute atomic E-state index is 12.9. The third-order valence-corrected chi connectivity index (χ3v) is 3.37. The van der Waals surface area contributed by atoms with E-state index in [9.17, 15) is 14.0 Å². The van der Waals surface area contributed by atoms with E-state index in [0.29, 0.717) is 5.69 Å². The molecule has 120 valence electrons. The van der Waals surface area contributed by atoms with Gasteiger partial charge in [0.25, 0.3) is 11.8 Å². The summed E-state index contributed by atoms with van der Waals surface area (Å²) in [6.45, 7) is 0.132. The van der Waals surface area contributed by atoms with Crippen LogP contribution in [-0.2, 0) is 9.59 Å². The molecule has 0 unspecified atom stereocenters. The van der Waals surface area contributed by atoms with Crippen molar-refractivity contribution in [2.75, 3.05) is 18.9 Å². The highest BCUT2D eigenvalue weighted by molar-refractivity contribution is 5.94. The van der Waals surface area contributed by atoms with E-state index in [-0.39, 0.29) is 24.2 Å². The monoisotopic (exact) mass is 316 g/mol. The summed E-state index contributed by atoms with van der Waals surface area (Å²) in [7, 11) is 1.55. The Kier molecular flexibility index (Phi) is 5.82. The third-order valence-electron chi connectivity index (χ3n) is 3.37. The van der Waals surface area contributed by atoms with Crippen molar-refractivity contribution in [2.24, 2.45) is 0 Å². The topological polar surface area (TPSA) is 74.8 Å². The van der Waals surface area contributed by atoms with Crippen molar-refractivity contribution < 1.29 is 19.3 Å². The van der Waals surface area contributed by atoms with Gasteiger partial charge in [0, 0.05) is 18.3 Å². The first-order chi connectivity index (χ1) is 11.1. The van der Waals surface area contributed by atoms with Crippen molar-refractivity contribution in [2.45, 2.75) is 6.04 Å². The molecule has 0 bridgehead atoms. The molecular formula is C17H19FN3O2+. The Morgan fingerprint density at radius 2 is 1.74 bits per heavy atom. The fraction of sp³-hybridized carbons (Fsp3) is 0.176. The zero-order valence-corrected chi connectivity index (χ0v) is 12.8. The zero-order chi connectivity index (χ0) is 16.7. The molecular weight excluding hydrogens is 297 g/mol. The normalized spacial score (nSPS) is 11.6. The summed E-state index contributed by atoms with van der Waals surface area (Å²) in [4.78, 5) is 24.0. The van der Waals surface area contributed by atoms with E-state index < -0.39 is 6.04 Å². The van der Waals surface area contributed by atoms with Gasteiger partial charge < -0.3 is 16.0 Å². The van der Waals surface area contributed by atoms with Crippen LogP contribution >= 0.6 is 0 Å². The van der Waals surface area contributed by atoms with Gasteiger partial charge in [0.2, 0.25) is 0 Å². The summed E-state index contributed by atoms with van der Waals surface area (Å²) in [6.07, 6.45) is 0. The molecule has 0 aliphatic rings. The Morgan fingerprint density at radius 1 is 1.09 bits per heavy atom. The first-order valence-corrected chi connectivity index (χ1v) is 7.25. The number of rotatable bonds is 6. The molecule has 0 aliphatic carbocycles. The fourth-order valence-electron chi connectivity index (χ4n) is 2.14. The molecule has 4 N–H and O–H groups in total. The number of amides is 2. The summed E-state index contributed by atoms with van der Waals surface area (Å²) in [5.41, 5.74) is 1.29. The van der Waals surface area contributed by atoms with Crippen LogP contribution < -0.4 is 16.0 Å². The predicted octanol–water partition coefficient (Wildman–Crippen LogP) is 0.815. The highest BCUT2D eigenvalue weighted by Crippen LogP contribution is 2.13. The van der Waals surface area contributed by atoms with Gasteiger partial charge in [-0.3, -0.25) is 9.59 Å². The van der Waals surface area contributed by atoms with Crippen LogP contribution in [0, 0.1) is 5.82 Å². The van der Waals surface area contributed by atoms with E-state index in [4.69, 9.17) is 0 Å². The van der Waals surface area contributed by atoms with Crippen LogP contribution in [0.2, 0.25) is 0 Å². The lowest BCUT2D eigenvalue weighted by molar-refractivity contribution is -0.672. The van der Waals surface area contributed by atoms with E-state index in [2.05, 4.69) is 10.6 Å². The van der Waals surface area contributed by atoms with Gasteiger partial charge in [-0.15, -0.1) is 0 Å². The van der Waals surface area contributed by atoms with Crippen LogP contribution in [0.5, 0.6) is 0 Å². The van der Waals surface area contributed by atoms with Crippen LogP contribution in [0.4, 0.5) is 10.1 Å². The van der Waals surface area contributed by atoms with Gasteiger partial charge in [-0.05, 0) is 24.3 Å². The largest absolute Gasteiger partial charge is 0.354 e. The van der Waals surface area contributed by atoms with E-state index in [0.717, 1.165) is 5.56 Å². The van der Waals surface area contributed by atoms with Crippen LogP contribution in [0.3, 0.4) is 0 Å². The number of hydrogen-bond acceptors (Lipinski definition) is 2. The van der Waals surface area contributed by atoms with E-state index in [1.54, 1.807) is 12.4 Å². The maximum Gasteiger partial charge on any atom is 0.287 e. The lowest BCUT2D eigenvalue weighted by atomic mass is 10.1. The fourth-order valence-corrected chi connectivity index (χ4v) is 2.14. The Bertz CT molecular complexity index is 659. The van der Waals surface area contributed by atoms with Crippen molar-refractivity contribution in [3.05, 3.63) is 66.0 Å². The molecule has 6 heteroatoms. The van der Waals surface area contributed by atoms with Gasteiger partial charge in [-0.1, -0.05) is 30.3 Å². The summed E-state index contributed by atoms with van der Waals surface area (Å²) in [5, 5.41) is 6.92. The number of halogens is 1. The molecule has 0 saturated heterocycles. The second kappa shape index (κ2) is 8.05. The second-order valence-electron chi connectivity index (χ2n) is 5.00. The molecule has 0 heterocycles. The molecule has 5 nitrogen and oxygen atoms in total. The zero-order valence-electron chi connectivity index (χ0n) is 12.8. The molecule has 1 atom stereocenters. The molecule has 0 spiro atoms. The molecule has 2 amide bonds. The predicted molar refractivity (Wildman–Crippen MR) is 85.1 cm³/mol. The number of nitrogens with two attached hydrogens (primary N) is 1. The summed E-state index contributed by atoms with van der Waals surface area (Å²) in [6, 6.07) is 14.2. The number of anilines is 1. The number of carbonyl (C=O) groups excluding carboxylic acids is 2. The minimum absolute atomic E-state index is 0.132. The highest BCUT2D eigenvalue weighted by Gasteiger charge is 2.24. The summed E-state index contributed by atoms with van der Waals surface area (Å²) < 4.78 is 12.9. The quantitative estimate of drug-likeness (QED) is 0.738. The van der Waals surface area contributed by atoms with Crippen LogP contribution in [0.25, 0.3) is 0 Å². The SMILES string of the molecule is CNC(=O)C[NH2+][C@H](C(=O)Nc1ccc(F)cc1)c1ccccc1. The summed E-state index contributed by atoms with van der Waals surface area (Å²) >= 11 is 0. The van der Waals surface area contributed by atoms with Gasteiger partial charge in [-0.25, -0.2) is 4.39 Å². The minimum Gasteiger partial charge on any atom is -0.354 e. The highest BCUT2D eigenvalue weighted by atomic mass is 19.1. The average molecular weight is 316 g/mol. The van der Waals surface area contributed by atoms with Gasteiger partial charge in [0.15, 0.2) is 12.6 Å². The van der Waals surface area contributed by atoms with Gasteiger partial charge in [0.1, 0.15) is 5.82 Å². The Morgan fingerprint density at radius 3 is 2.35 bits per heavy atom. The third kappa shape index (κ3) is 4.89. The number of hydrogen-bond donors (Lipinski definition) is 3. The lowest BCUT2D eigenvalue weighted by Gasteiger charge is -2.15. The molecule has 0 aliphatic heterocycles. The molecule has 0 aromatic heterocycles. The molecule has 0 fully saturated rings.